The number of hydrogen-bond donors (Lipinski definition) is 1. The minimum absolute atomic E-state index is 0.0637. The van der Waals surface area contributed by atoms with E-state index in [2.05, 4.69) is 0 Å². The van der Waals surface area contributed by atoms with Gasteiger partial charge in [0, 0.05) is 18.8 Å². The minimum Gasteiger partial charge on any atom is -0.478 e. The molecule has 0 aromatic carbocycles. The highest BCUT2D eigenvalue weighted by atomic mass is 16.4. The van der Waals surface area contributed by atoms with E-state index in [0.29, 0.717) is 12.3 Å². The molecule has 0 saturated heterocycles. The van der Waals surface area contributed by atoms with Crippen LogP contribution in [0.1, 0.15) is 29.9 Å². The average molecular weight is 209 g/mol. The Morgan fingerprint density at radius 1 is 1.47 bits per heavy atom. The van der Waals surface area contributed by atoms with Gasteiger partial charge in [-0.1, -0.05) is 13.8 Å². The Bertz CT molecular complexity index is 432. The number of carbonyl (C=O) groups is 1. The van der Waals surface area contributed by atoms with Gasteiger partial charge in [-0.05, 0) is 18.4 Å². The molecule has 0 saturated carbocycles. The van der Waals surface area contributed by atoms with E-state index in [9.17, 15) is 9.59 Å². The highest BCUT2D eigenvalue weighted by molar-refractivity contribution is 5.87. The molecule has 4 heteroatoms. The molecule has 82 valence electrons. The van der Waals surface area contributed by atoms with Gasteiger partial charge in [0.15, 0.2) is 0 Å². The lowest BCUT2D eigenvalue weighted by Gasteiger charge is -2.10. The molecule has 0 spiro atoms. The molecule has 0 bridgehead atoms. The number of aromatic nitrogens is 1. The van der Waals surface area contributed by atoms with E-state index in [1.54, 1.807) is 13.1 Å². The number of pyridine rings is 1. The zero-order valence-electron chi connectivity index (χ0n) is 9.15. The Kier molecular flexibility index (Phi) is 3.29. The first-order valence-corrected chi connectivity index (χ1v) is 4.85. The smallest absolute Gasteiger partial charge is 0.335 e. The Morgan fingerprint density at radius 2 is 2.07 bits per heavy atom. The van der Waals surface area contributed by atoms with Gasteiger partial charge in [0.2, 0.25) is 0 Å². The molecule has 0 atom stereocenters. The standard InChI is InChI=1S/C11H15NO3/c1-7(2)4-9-5-8(11(14)15)6-10(13)12(9)3/h5-7H,4H2,1-3H3,(H,14,15). The van der Waals surface area contributed by atoms with E-state index in [-0.39, 0.29) is 11.1 Å². The van der Waals surface area contributed by atoms with Crippen LogP contribution in [0.5, 0.6) is 0 Å². The summed E-state index contributed by atoms with van der Waals surface area (Å²) < 4.78 is 1.49. The Morgan fingerprint density at radius 3 is 2.53 bits per heavy atom. The van der Waals surface area contributed by atoms with Gasteiger partial charge in [0.1, 0.15) is 0 Å². The second kappa shape index (κ2) is 4.29. The number of carboxylic acids is 1. The predicted octanol–water partition coefficient (Wildman–Crippen LogP) is 1.28. The van der Waals surface area contributed by atoms with Crippen molar-refractivity contribution >= 4 is 5.97 Å². The van der Waals surface area contributed by atoms with Crippen LogP contribution in [0, 0.1) is 5.92 Å². The molecule has 1 aromatic heterocycles. The first-order valence-electron chi connectivity index (χ1n) is 4.85. The normalized spacial score (nSPS) is 10.7. The molecule has 0 aliphatic rings. The summed E-state index contributed by atoms with van der Waals surface area (Å²) in [5.41, 5.74) is 0.550. The lowest BCUT2D eigenvalue weighted by Crippen LogP contribution is -2.22. The van der Waals surface area contributed by atoms with Gasteiger partial charge in [-0.2, -0.15) is 0 Å². The second-order valence-corrected chi connectivity index (χ2v) is 4.04. The highest BCUT2D eigenvalue weighted by Crippen LogP contribution is 2.07. The number of nitrogens with zero attached hydrogens (tertiary/aromatic N) is 1. The van der Waals surface area contributed by atoms with Crippen LogP contribution in [-0.4, -0.2) is 15.6 Å². The lowest BCUT2D eigenvalue weighted by molar-refractivity contribution is 0.0696. The maximum Gasteiger partial charge on any atom is 0.335 e. The summed E-state index contributed by atoms with van der Waals surface area (Å²) in [6, 6.07) is 2.70. The van der Waals surface area contributed by atoms with E-state index in [1.165, 1.54) is 4.57 Å². The predicted molar refractivity (Wildman–Crippen MR) is 57.2 cm³/mol. The largest absolute Gasteiger partial charge is 0.478 e. The van der Waals surface area contributed by atoms with Crippen LogP contribution >= 0.6 is 0 Å². The number of hydrogen-bond acceptors (Lipinski definition) is 2. The van der Waals surface area contributed by atoms with Crippen LogP contribution in [0.3, 0.4) is 0 Å². The Balaban J connectivity index is 3.25. The fourth-order valence-electron chi connectivity index (χ4n) is 1.43. The van der Waals surface area contributed by atoms with Crippen LogP contribution in [0.2, 0.25) is 0 Å². The third kappa shape index (κ3) is 2.68. The maximum absolute atomic E-state index is 11.4. The summed E-state index contributed by atoms with van der Waals surface area (Å²) in [7, 11) is 1.66. The lowest BCUT2D eigenvalue weighted by atomic mass is 10.1. The van der Waals surface area contributed by atoms with Crippen molar-refractivity contribution in [1.82, 2.24) is 4.57 Å². The molecular weight excluding hydrogens is 194 g/mol. The summed E-state index contributed by atoms with van der Waals surface area (Å²) in [6.45, 7) is 4.05. The third-order valence-electron chi connectivity index (χ3n) is 2.23. The zero-order chi connectivity index (χ0) is 11.6. The number of aromatic carboxylic acids is 1. The number of rotatable bonds is 3. The molecule has 0 radical (unpaired) electrons. The average Bonchev–Trinajstić information content (AvgIpc) is 2.11. The van der Waals surface area contributed by atoms with Crippen LogP contribution < -0.4 is 5.56 Å². The molecule has 15 heavy (non-hydrogen) atoms. The molecule has 0 aliphatic carbocycles. The fraction of sp³-hybridized carbons (Fsp3) is 0.455. The number of carboxylic acid groups (broad SMARTS) is 1. The van der Waals surface area contributed by atoms with Gasteiger partial charge in [-0.25, -0.2) is 4.79 Å². The van der Waals surface area contributed by atoms with Crippen molar-refractivity contribution in [3.8, 4) is 0 Å². The van der Waals surface area contributed by atoms with Crippen molar-refractivity contribution in [3.05, 3.63) is 33.7 Å². The summed E-state index contributed by atoms with van der Waals surface area (Å²) in [6.07, 6.45) is 0.701. The van der Waals surface area contributed by atoms with Gasteiger partial charge in [0.25, 0.3) is 5.56 Å². The van der Waals surface area contributed by atoms with E-state index < -0.39 is 5.97 Å². The molecule has 1 heterocycles. The second-order valence-electron chi connectivity index (χ2n) is 4.04. The fourth-order valence-corrected chi connectivity index (χ4v) is 1.43. The van der Waals surface area contributed by atoms with Crippen molar-refractivity contribution in [1.29, 1.82) is 0 Å². The van der Waals surface area contributed by atoms with Crippen molar-refractivity contribution in [2.24, 2.45) is 13.0 Å². The van der Waals surface area contributed by atoms with Crippen LogP contribution in [0.25, 0.3) is 0 Å². The monoisotopic (exact) mass is 209 g/mol. The van der Waals surface area contributed by atoms with E-state index in [4.69, 9.17) is 5.11 Å². The van der Waals surface area contributed by atoms with Crippen LogP contribution in [-0.2, 0) is 13.5 Å². The molecule has 1 N–H and O–H groups in total. The molecule has 0 aliphatic heterocycles. The first-order chi connectivity index (χ1) is 6.91. The summed E-state index contributed by atoms with van der Waals surface area (Å²) >= 11 is 0. The molecular formula is C11H15NO3. The highest BCUT2D eigenvalue weighted by Gasteiger charge is 2.09. The molecule has 4 nitrogen and oxygen atoms in total. The summed E-state index contributed by atoms with van der Waals surface area (Å²) in [5, 5.41) is 8.81. The third-order valence-corrected chi connectivity index (χ3v) is 2.23. The molecule has 0 fully saturated rings. The quantitative estimate of drug-likeness (QED) is 0.815. The van der Waals surface area contributed by atoms with Crippen LogP contribution in [0.15, 0.2) is 16.9 Å². The molecule has 1 rings (SSSR count). The summed E-state index contributed by atoms with van der Waals surface area (Å²) in [4.78, 5) is 22.2. The minimum atomic E-state index is -1.06. The topological polar surface area (TPSA) is 59.3 Å². The zero-order valence-corrected chi connectivity index (χ0v) is 9.15. The van der Waals surface area contributed by atoms with Crippen LogP contribution in [0.4, 0.5) is 0 Å². The van der Waals surface area contributed by atoms with Gasteiger partial charge in [0.05, 0.1) is 5.56 Å². The van der Waals surface area contributed by atoms with Gasteiger partial charge >= 0.3 is 5.97 Å². The maximum atomic E-state index is 11.4. The molecule has 0 unspecified atom stereocenters. The van der Waals surface area contributed by atoms with Crippen molar-refractivity contribution in [3.63, 3.8) is 0 Å². The van der Waals surface area contributed by atoms with Gasteiger partial charge < -0.3 is 9.67 Å². The van der Waals surface area contributed by atoms with E-state index >= 15 is 0 Å². The first kappa shape index (κ1) is 11.5. The van der Waals surface area contributed by atoms with Gasteiger partial charge in [-0.3, -0.25) is 4.79 Å². The summed E-state index contributed by atoms with van der Waals surface area (Å²) in [5.74, 6) is -0.669. The van der Waals surface area contributed by atoms with Crippen molar-refractivity contribution < 1.29 is 9.90 Å². The SMILES string of the molecule is CC(C)Cc1cc(C(=O)O)cc(=O)n1C. The molecule has 1 aromatic rings. The van der Waals surface area contributed by atoms with Gasteiger partial charge in [-0.15, -0.1) is 0 Å². The van der Waals surface area contributed by atoms with Crippen molar-refractivity contribution in [2.45, 2.75) is 20.3 Å². The Hall–Kier alpha value is -1.58. The van der Waals surface area contributed by atoms with E-state index in [1.807, 2.05) is 13.8 Å². The van der Waals surface area contributed by atoms with Crippen molar-refractivity contribution in [2.75, 3.05) is 0 Å². The Labute approximate surface area is 88.2 Å². The van der Waals surface area contributed by atoms with E-state index in [0.717, 1.165) is 11.8 Å². The molecule has 0 amide bonds.